The van der Waals surface area contributed by atoms with Gasteiger partial charge in [0, 0.05) is 16.9 Å². The van der Waals surface area contributed by atoms with Crippen molar-refractivity contribution >= 4 is 17.3 Å². The summed E-state index contributed by atoms with van der Waals surface area (Å²) in [5.41, 5.74) is 15.4. The van der Waals surface area contributed by atoms with Crippen LogP contribution in [0.3, 0.4) is 0 Å². The highest BCUT2D eigenvalue weighted by molar-refractivity contribution is 5.81. The highest BCUT2D eigenvalue weighted by Gasteiger charge is 2.14. The van der Waals surface area contributed by atoms with Gasteiger partial charge in [-0.25, -0.2) is 0 Å². The van der Waals surface area contributed by atoms with E-state index < -0.39 is 11.9 Å². The molecule has 0 bridgehead atoms. The van der Waals surface area contributed by atoms with Gasteiger partial charge >= 0.3 is 5.97 Å². The molecule has 0 aromatic heterocycles. The number of aliphatic carboxylic acids is 1. The Bertz CT molecular complexity index is 623. The van der Waals surface area contributed by atoms with Gasteiger partial charge in [0.15, 0.2) is 0 Å². The summed E-state index contributed by atoms with van der Waals surface area (Å²) in [6.45, 7) is 1.66. The molecule has 2 aromatic carbocycles. The maximum absolute atomic E-state index is 11.0. The largest absolute Gasteiger partial charge is 0.481 e. The molecule has 0 heterocycles. The summed E-state index contributed by atoms with van der Waals surface area (Å²) < 4.78 is 0. The lowest BCUT2D eigenvalue weighted by Crippen LogP contribution is -2.07. The number of nitrogens with two attached hydrogens (primary N) is 2. The lowest BCUT2D eigenvalue weighted by molar-refractivity contribution is -0.138. The van der Waals surface area contributed by atoms with Crippen LogP contribution in [0.5, 0.6) is 0 Å². The quantitative estimate of drug-likeness (QED) is 0.736. The normalized spacial score (nSPS) is 12.1. The van der Waals surface area contributed by atoms with Gasteiger partial charge in [0.1, 0.15) is 0 Å². The monoisotopic (exact) mass is 256 g/mol. The third-order valence-corrected chi connectivity index (χ3v) is 3.15. The van der Waals surface area contributed by atoms with Crippen molar-refractivity contribution in [3.63, 3.8) is 0 Å². The smallest absolute Gasteiger partial charge is 0.310 e. The number of carbonyl (C=O) groups is 1. The first-order valence-corrected chi connectivity index (χ1v) is 5.97. The van der Waals surface area contributed by atoms with Gasteiger partial charge in [0.2, 0.25) is 0 Å². The fraction of sp³-hybridized carbons (Fsp3) is 0.133. The Morgan fingerprint density at radius 2 is 1.89 bits per heavy atom. The van der Waals surface area contributed by atoms with E-state index in [1.807, 2.05) is 18.2 Å². The van der Waals surface area contributed by atoms with Gasteiger partial charge in [-0.05, 0) is 36.2 Å². The van der Waals surface area contributed by atoms with Gasteiger partial charge in [-0.1, -0.05) is 24.3 Å². The zero-order chi connectivity index (χ0) is 14.0. The Labute approximate surface area is 111 Å². The lowest BCUT2D eigenvalue weighted by Gasteiger charge is -2.11. The van der Waals surface area contributed by atoms with Crippen LogP contribution in [0, 0.1) is 0 Å². The zero-order valence-electron chi connectivity index (χ0n) is 10.6. The Hall–Kier alpha value is -2.49. The molecular formula is C15H16N2O2. The van der Waals surface area contributed by atoms with Gasteiger partial charge in [0.25, 0.3) is 0 Å². The first-order chi connectivity index (χ1) is 8.99. The van der Waals surface area contributed by atoms with Crippen LogP contribution in [-0.2, 0) is 4.79 Å². The third kappa shape index (κ3) is 2.68. The van der Waals surface area contributed by atoms with E-state index in [9.17, 15) is 4.79 Å². The first-order valence-electron chi connectivity index (χ1n) is 5.97. The second-order valence-corrected chi connectivity index (χ2v) is 4.53. The maximum atomic E-state index is 11.0. The van der Waals surface area contributed by atoms with Crippen molar-refractivity contribution in [2.75, 3.05) is 11.5 Å². The van der Waals surface area contributed by atoms with Crippen molar-refractivity contribution in [2.24, 2.45) is 0 Å². The summed E-state index contributed by atoms with van der Waals surface area (Å²) in [5.74, 6) is -1.40. The SMILES string of the molecule is CC(C(=O)O)c1cccc(-c2cc(N)ccc2N)c1. The first kappa shape index (κ1) is 13.0. The number of nitrogen functional groups attached to an aromatic ring is 2. The molecule has 0 aliphatic carbocycles. The summed E-state index contributed by atoms with van der Waals surface area (Å²) in [6, 6.07) is 12.6. The van der Waals surface area contributed by atoms with E-state index in [2.05, 4.69) is 0 Å². The summed E-state index contributed by atoms with van der Waals surface area (Å²) in [5, 5.41) is 9.05. The minimum absolute atomic E-state index is 0.553. The van der Waals surface area contributed by atoms with E-state index in [1.54, 1.807) is 31.2 Å². The molecular weight excluding hydrogens is 240 g/mol. The van der Waals surface area contributed by atoms with Crippen LogP contribution in [0.15, 0.2) is 42.5 Å². The standard InChI is InChI=1S/C15H16N2O2/c1-9(15(18)19)10-3-2-4-11(7-10)13-8-12(16)5-6-14(13)17/h2-9H,16-17H2,1H3,(H,18,19). The van der Waals surface area contributed by atoms with Crippen LogP contribution in [0.1, 0.15) is 18.4 Å². The molecule has 0 aliphatic heterocycles. The van der Waals surface area contributed by atoms with Gasteiger partial charge in [-0.15, -0.1) is 0 Å². The van der Waals surface area contributed by atoms with Crippen molar-refractivity contribution in [1.29, 1.82) is 0 Å². The molecule has 19 heavy (non-hydrogen) atoms. The van der Waals surface area contributed by atoms with Crippen LogP contribution in [0.2, 0.25) is 0 Å². The summed E-state index contributed by atoms with van der Waals surface area (Å²) in [7, 11) is 0. The van der Waals surface area contributed by atoms with Gasteiger partial charge in [0.05, 0.1) is 5.92 Å². The summed E-state index contributed by atoms with van der Waals surface area (Å²) in [4.78, 5) is 11.0. The highest BCUT2D eigenvalue weighted by atomic mass is 16.4. The fourth-order valence-corrected chi connectivity index (χ4v) is 1.94. The van der Waals surface area contributed by atoms with Crippen molar-refractivity contribution in [1.82, 2.24) is 0 Å². The zero-order valence-corrected chi connectivity index (χ0v) is 10.6. The van der Waals surface area contributed by atoms with E-state index in [0.717, 1.165) is 16.7 Å². The Morgan fingerprint density at radius 1 is 1.16 bits per heavy atom. The maximum Gasteiger partial charge on any atom is 0.310 e. The van der Waals surface area contributed by atoms with Crippen LogP contribution in [0.4, 0.5) is 11.4 Å². The summed E-state index contributed by atoms with van der Waals surface area (Å²) >= 11 is 0. The van der Waals surface area contributed by atoms with Gasteiger partial charge in [-0.3, -0.25) is 4.79 Å². The van der Waals surface area contributed by atoms with Crippen molar-refractivity contribution in [2.45, 2.75) is 12.8 Å². The Balaban J connectivity index is 2.49. The van der Waals surface area contributed by atoms with Gasteiger partial charge in [-0.2, -0.15) is 0 Å². The second-order valence-electron chi connectivity index (χ2n) is 4.53. The molecule has 4 nitrogen and oxygen atoms in total. The number of benzene rings is 2. The molecule has 0 aliphatic rings. The number of hydrogen-bond acceptors (Lipinski definition) is 3. The van der Waals surface area contributed by atoms with E-state index in [0.29, 0.717) is 11.4 Å². The topological polar surface area (TPSA) is 89.3 Å². The number of carboxylic acids is 1. The number of anilines is 2. The Morgan fingerprint density at radius 3 is 2.58 bits per heavy atom. The van der Waals surface area contributed by atoms with Crippen LogP contribution in [0.25, 0.3) is 11.1 Å². The molecule has 0 saturated carbocycles. The average Bonchev–Trinajstić information content (AvgIpc) is 2.40. The molecule has 0 spiro atoms. The third-order valence-electron chi connectivity index (χ3n) is 3.15. The van der Waals surface area contributed by atoms with Crippen LogP contribution < -0.4 is 11.5 Å². The Kier molecular flexibility index (Phi) is 3.42. The van der Waals surface area contributed by atoms with Crippen LogP contribution in [-0.4, -0.2) is 11.1 Å². The molecule has 1 atom stereocenters. The number of carboxylic acid groups (broad SMARTS) is 1. The fourth-order valence-electron chi connectivity index (χ4n) is 1.94. The molecule has 0 radical (unpaired) electrons. The van der Waals surface area contributed by atoms with E-state index in [4.69, 9.17) is 16.6 Å². The predicted octanol–water partition coefficient (Wildman–Crippen LogP) is 2.71. The lowest BCUT2D eigenvalue weighted by atomic mass is 9.95. The molecule has 0 fully saturated rings. The molecule has 5 N–H and O–H groups in total. The molecule has 4 heteroatoms. The van der Waals surface area contributed by atoms with E-state index in [1.165, 1.54) is 0 Å². The highest BCUT2D eigenvalue weighted by Crippen LogP contribution is 2.30. The average molecular weight is 256 g/mol. The summed E-state index contributed by atoms with van der Waals surface area (Å²) in [6.07, 6.45) is 0. The second kappa shape index (κ2) is 5.02. The molecule has 0 amide bonds. The molecule has 2 aromatic rings. The number of rotatable bonds is 3. The molecule has 0 saturated heterocycles. The van der Waals surface area contributed by atoms with E-state index >= 15 is 0 Å². The van der Waals surface area contributed by atoms with Crippen LogP contribution >= 0.6 is 0 Å². The number of hydrogen-bond donors (Lipinski definition) is 3. The molecule has 98 valence electrons. The predicted molar refractivity (Wildman–Crippen MR) is 76.8 cm³/mol. The van der Waals surface area contributed by atoms with Gasteiger partial charge < -0.3 is 16.6 Å². The molecule has 2 rings (SSSR count). The molecule has 1 unspecified atom stereocenters. The minimum atomic E-state index is -0.849. The van der Waals surface area contributed by atoms with Crippen molar-refractivity contribution in [3.8, 4) is 11.1 Å². The van der Waals surface area contributed by atoms with E-state index in [-0.39, 0.29) is 0 Å². The van der Waals surface area contributed by atoms with Crippen molar-refractivity contribution in [3.05, 3.63) is 48.0 Å². The van der Waals surface area contributed by atoms with Crippen molar-refractivity contribution < 1.29 is 9.90 Å². The minimum Gasteiger partial charge on any atom is -0.481 e.